The van der Waals surface area contributed by atoms with Crippen LogP contribution >= 0.6 is 22.9 Å². The van der Waals surface area contributed by atoms with Crippen LogP contribution < -0.4 is 5.32 Å². The van der Waals surface area contributed by atoms with Crippen LogP contribution in [0, 0.1) is 6.92 Å². The lowest BCUT2D eigenvalue weighted by Crippen LogP contribution is -2.21. The van der Waals surface area contributed by atoms with Gasteiger partial charge >= 0.3 is 0 Å². The predicted molar refractivity (Wildman–Crippen MR) is 80.5 cm³/mol. The molecule has 1 aromatic carbocycles. The Balaban J connectivity index is 2.02. The summed E-state index contributed by atoms with van der Waals surface area (Å²) in [7, 11) is 0. The highest BCUT2D eigenvalue weighted by atomic mass is 35.5. The van der Waals surface area contributed by atoms with E-state index in [1.165, 1.54) is 15.3 Å². The number of rotatable bonds is 4. The Bertz CT molecular complexity index is 503. The molecule has 1 unspecified atom stereocenters. The van der Waals surface area contributed by atoms with E-state index < -0.39 is 0 Å². The van der Waals surface area contributed by atoms with Gasteiger partial charge in [-0.1, -0.05) is 23.7 Å². The van der Waals surface area contributed by atoms with Crippen LogP contribution in [0.5, 0.6) is 0 Å². The van der Waals surface area contributed by atoms with Crippen LogP contribution in [0.15, 0.2) is 36.4 Å². The highest BCUT2D eigenvalue weighted by Gasteiger charge is 2.12. The van der Waals surface area contributed by atoms with E-state index >= 15 is 0 Å². The molecule has 2 aromatic rings. The minimum absolute atomic E-state index is 0.319. The fourth-order valence-electron chi connectivity index (χ4n) is 1.99. The average Bonchev–Trinajstić information content (AvgIpc) is 2.76. The fourth-order valence-corrected chi connectivity index (χ4v) is 3.01. The number of hydrogen-bond acceptors (Lipinski definition) is 2. The normalized spacial score (nSPS) is 14.4. The fraction of sp³-hybridized carbons (Fsp3) is 0.333. The molecule has 0 radical (unpaired) electrons. The monoisotopic (exact) mass is 279 g/mol. The first-order chi connectivity index (χ1) is 8.56. The third kappa shape index (κ3) is 3.35. The standard InChI is InChI=1S/C15H18ClNS/c1-10-4-9-15(18-10)12(3)17-11(2)13-5-7-14(16)8-6-13/h4-9,11-12,17H,1-3H3/t11-,12?/m1/s1. The Hall–Kier alpha value is -0.830. The molecule has 0 fully saturated rings. The molecule has 1 nitrogen and oxygen atoms in total. The van der Waals surface area contributed by atoms with Crippen molar-refractivity contribution in [3.63, 3.8) is 0 Å². The second kappa shape index (κ2) is 5.87. The molecule has 0 saturated carbocycles. The molecule has 1 N–H and O–H groups in total. The lowest BCUT2D eigenvalue weighted by Gasteiger charge is -2.19. The van der Waals surface area contributed by atoms with E-state index in [1.807, 2.05) is 23.5 Å². The van der Waals surface area contributed by atoms with E-state index in [4.69, 9.17) is 11.6 Å². The summed E-state index contributed by atoms with van der Waals surface area (Å²) in [5.41, 5.74) is 1.26. The Labute approximate surface area is 118 Å². The maximum atomic E-state index is 5.90. The number of hydrogen-bond donors (Lipinski definition) is 1. The van der Waals surface area contributed by atoms with Crippen LogP contribution in [0.3, 0.4) is 0 Å². The molecule has 0 aliphatic carbocycles. The van der Waals surface area contributed by atoms with Crippen molar-refractivity contribution in [3.8, 4) is 0 Å². The van der Waals surface area contributed by atoms with Crippen LogP contribution in [0.1, 0.15) is 41.2 Å². The van der Waals surface area contributed by atoms with Gasteiger partial charge in [0.05, 0.1) is 0 Å². The summed E-state index contributed by atoms with van der Waals surface area (Å²) in [5, 5.41) is 4.40. The van der Waals surface area contributed by atoms with Crippen molar-refractivity contribution in [2.45, 2.75) is 32.9 Å². The van der Waals surface area contributed by atoms with Gasteiger partial charge in [0.15, 0.2) is 0 Å². The molecule has 0 spiro atoms. The van der Waals surface area contributed by atoms with Gasteiger partial charge < -0.3 is 5.32 Å². The van der Waals surface area contributed by atoms with Gasteiger partial charge in [-0.25, -0.2) is 0 Å². The van der Waals surface area contributed by atoms with Crippen LogP contribution in [0.25, 0.3) is 0 Å². The van der Waals surface area contributed by atoms with Gasteiger partial charge in [0.1, 0.15) is 0 Å². The zero-order valence-electron chi connectivity index (χ0n) is 10.9. The van der Waals surface area contributed by atoms with Crippen molar-refractivity contribution in [1.82, 2.24) is 5.32 Å². The van der Waals surface area contributed by atoms with E-state index in [9.17, 15) is 0 Å². The third-order valence-electron chi connectivity index (χ3n) is 3.06. The van der Waals surface area contributed by atoms with Crippen LogP contribution in [0.4, 0.5) is 0 Å². The van der Waals surface area contributed by atoms with Crippen molar-refractivity contribution in [2.75, 3.05) is 0 Å². The molecular formula is C15H18ClNS. The van der Waals surface area contributed by atoms with Crippen LogP contribution in [0.2, 0.25) is 5.02 Å². The van der Waals surface area contributed by atoms with Crippen LogP contribution in [-0.4, -0.2) is 0 Å². The largest absolute Gasteiger partial charge is 0.303 e. The highest BCUT2D eigenvalue weighted by molar-refractivity contribution is 7.12. The molecule has 96 valence electrons. The van der Waals surface area contributed by atoms with E-state index in [0.29, 0.717) is 12.1 Å². The number of nitrogens with one attached hydrogen (secondary N) is 1. The smallest absolute Gasteiger partial charge is 0.0406 e. The lowest BCUT2D eigenvalue weighted by molar-refractivity contribution is 0.500. The second-order valence-corrected chi connectivity index (χ2v) is 6.37. The van der Waals surface area contributed by atoms with Crippen LogP contribution in [-0.2, 0) is 0 Å². The van der Waals surface area contributed by atoms with Crippen molar-refractivity contribution in [1.29, 1.82) is 0 Å². The zero-order valence-corrected chi connectivity index (χ0v) is 12.5. The summed E-state index contributed by atoms with van der Waals surface area (Å²) in [5.74, 6) is 0. The van der Waals surface area contributed by atoms with Crippen molar-refractivity contribution in [3.05, 3.63) is 56.7 Å². The van der Waals surface area contributed by atoms with Gasteiger partial charge in [-0.05, 0) is 50.6 Å². The topological polar surface area (TPSA) is 12.0 Å². The van der Waals surface area contributed by atoms with Gasteiger partial charge in [-0.2, -0.15) is 0 Å². The molecule has 1 heterocycles. The van der Waals surface area contributed by atoms with E-state index in [0.717, 1.165) is 5.02 Å². The molecule has 0 amide bonds. The maximum absolute atomic E-state index is 5.90. The molecule has 2 atom stereocenters. The van der Waals surface area contributed by atoms with Gasteiger partial charge in [0, 0.05) is 26.9 Å². The maximum Gasteiger partial charge on any atom is 0.0406 e. The number of thiophene rings is 1. The summed E-state index contributed by atoms with van der Waals surface area (Å²) >= 11 is 7.75. The SMILES string of the molecule is Cc1ccc(C(C)N[C@H](C)c2ccc(Cl)cc2)s1. The third-order valence-corrected chi connectivity index (χ3v) is 4.49. The molecule has 3 heteroatoms. The molecule has 18 heavy (non-hydrogen) atoms. The highest BCUT2D eigenvalue weighted by Crippen LogP contribution is 2.25. The quantitative estimate of drug-likeness (QED) is 0.819. The molecule has 0 aliphatic heterocycles. The molecule has 0 bridgehead atoms. The molecule has 0 aliphatic rings. The summed E-state index contributed by atoms with van der Waals surface area (Å²) < 4.78 is 0. The van der Waals surface area contributed by atoms with Gasteiger partial charge in [0.25, 0.3) is 0 Å². The summed E-state index contributed by atoms with van der Waals surface area (Å²) in [6.45, 7) is 6.53. The molecule has 2 rings (SSSR count). The first-order valence-corrected chi connectivity index (χ1v) is 7.33. The minimum atomic E-state index is 0.319. The van der Waals surface area contributed by atoms with Gasteiger partial charge in [0.2, 0.25) is 0 Å². The Morgan fingerprint density at radius 3 is 2.22 bits per heavy atom. The molecule has 0 saturated heterocycles. The van der Waals surface area contributed by atoms with E-state index in [2.05, 4.69) is 50.4 Å². The number of benzene rings is 1. The first kappa shape index (κ1) is 13.6. The molecule has 1 aromatic heterocycles. The van der Waals surface area contributed by atoms with Crippen molar-refractivity contribution in [2.24, 2.45) is 0 Å². The summed E-state index contributed by atoms with van der Waals surface area (Å²) in [6, 6.07) is 13.1. The van der Waals surface area contributed by atoms with Gasteiger partial charge in [-0.15, -0.1) is 11.3 Å². The summed E-state index contributed by atoms with van der Waals surface area (Å²) in [4.78, 5) is 2.74. The van der Waals surface area contributed by atoms with Crippen molar-refractivity contribution < 1.29 is 0 Å². The molecular weight excluding hydrogens is 262 g/mol. The van der Waals surface area contributed by atoms with E-state index in [-0.39, 0.29) is 0 Å². The number of aryl methyl sites for hydroxylation is 1. The second-order valence-electron chi connectivity index (χ2n) is 4.61. The zero-order chi connectivity index (χ0) is 13.1. The Kier molecular flexibility index (Phi) is 4.44. The lowest BCUT2D eigenvalue weighted by atomic mass is 10.1. The predicted octanol–water partition coefficient (Wildman–Crippen LogP) is 5.12. The number of halogens is 1. The first-order valence-electron chi connectivity index (χ1n) is 6.14. The average molecular weight is 280 g/mol. The summed E-state index contributed by atoms with van der Waals surface area (Å²) in [6.07, 6.45) is 0. The minimum Gasteiger partial charge on any atom is -0.303 e. The van der Waals surface area contributed by atoms with Gasteiger partial charge in [-0.3, -0.25) is 0 Å². The Morgan fingerprint density at radius 2 is 1.67 bits per heavy atom. The Morgan fingerprint density at radius 1 is 1.00 bits per heavy atom. The van der Waals surface area contributed by atoms with E-state index in [1.54, 1.807) is 0 Å². The van der Waals surface area contributed by atoms with Crippen molar-refractivity contribution >= 4 is 22.9 Å².